The van der Waals surface area contributed by atoms with Crippen molar-refractivity contribution >= 4 is 27.0 Å². The van der Waals surface area contributed by atoms with Crippen molar-refractivity contribution in [2.75, 3.05) is 5.32 Å². The van der Waals surface area contributed by atoms with E-state index in [1.54, 1.807) is 43.6 Å². The van der Waals surface area contributed by atoms with Gasteiger partial charge in [-0.15, -0.1) is 11.3 Å². The van der Waals surface area contributed by atoms with Gasteiger partial charge in [0.05, 0.1) is 23.4 Å². The molecule has 1 heterocycles. The number of nitrogens with one attached hydrogen (secondary N) is 2. The highest BCUT2D eigenvalue weighted by molar-refractivity contribution is 7.89. The monoisotopic (exact) mass is 311 g/mol. The third-order valence-electron chi connectivity index (χ3n) is 2.51. The molecular weight excluding hydrogens is 294 g/mol. The van der Waals surface area contributed by atoms with E-state index in [4.69, 9.17) is 0 Å². The molecular formula is C13H17N3O2S2. The van der Waals surface area contributed by atoms with Crippen molar-refractivity contribution in [3.63, 3.8) is 0 Å². The lowest BCUT2D eigenvalue weighted by atomic mass is 10.3. The number of sulfonamides is 1. The second-order valence-corrected chi connectivity index (χ2v) is 7.01. The van der Waals surface area contributed by atoms with Crippen molar-refractivity contribution in [3.8, 4) is 0 Å². The fourth-order valence-electron chi connectivity index (χ4n) is 1.73. The number of aromatic nitrogens is 1. The molecule has 0 aliphatic heterocycles. The zero-order chi connectivity index (χ0) is 14.6. The molecule has 108 valence electrons. The Kier molecular flexibility index (Phi) is 4.74. The number of nitrogens with zero attached hydrogens (tertiary/aromatic N) is 1. The van der Waals surface area contributed by atoms with Crippen LogP contribution in [0.5, 0.6) is 0 Å². The first-order valence-electron chi connectivity index (χ1n) is 6.21. The van der Waals surface area contributed by atoms with Crippen LogP contribution in [0.1, 0.15) is 19.5 Å². The summed E-state index contributed by atoms with van der Waals surface area (Å²) in [5.74, 6) is 0. The normalized spacial score (nSPS) is 11.8. The Morgan fingerprint density at radius 1 is 1.30 bits per heavy atom. The molecule has 0 aliphatic carbocycles. The molecule has 0 saturated carbocycles. The molecule has 1 aromatic heterocycles. The van der Waals surface area contributed by atoms with Gasteiger partial charge in [0.1, 0.15) is 4.90 Å². The van der Waals surface area contributed by atoms with Crippen LogP contribution in [0.4, 0.5) is 5.69 Å². The molecule has 0 atom stereocenters. The second kappa shape index (κ2) is 6.34. The Morgan fingerprint density at radius 3 is 2.70 bits per heavy atom. The third kappa shape index (κ3) is 3.78. The van der Waals surface area contributed by atoms with Crippen molar-refractivity contribution < 1.29 is 8.42 Å². The van der Waals surface area contributed by atoms with Crippen LogP contribution in [0, 0.1) is 0 Å². The number of hydrogen-bond donors (Lipinski definition) is 2. The van der Waals surface area contributed by atoms with E-state index in [2.05, 4.69) is 15.0 Å². The summed E-state index contributed by atoms with van der Waals surface area (Å²) in [6.45, 7) is 4.09. The van der Waals surface area contributed by atoms with Crippen molar-refractivity contribution in [1.82, 2.24) is 9.71 Å². The molecule has 0 radical (unpaired) electrons. The summed E-state index contributed by atoms with van der Waals surface area (Å²) in [5.41, 5.74) is 3.22. The highest BCUT2D eigenvalue weighted by atomic mass is 32.2. The number of benzene rings is 1. The average Bonchev–Trinajstić information content (AvgIpc) is 2.88. The van der Waals surface area contributed by atoms with Crippen LogP contribution in [0.25, 0.3) is 0 Å². The average molecular weight is 311 g/mol. The number of para-hydroxylation sites is 1. The van der Waals surface area contributed by atoms with Crippen molar-refractivity contribution in [2.45, 2.75) is 31.3 Å². The maximum atomic E-state index is 12.3. The van der Waals surface area contributed by atoms with Crippen molar-refractivity contribution in [3.05, 3.63) is 40.8 Å². The van der Waals surface area contributed by atoms with E-state index in [0.29, 0.717) is 12.2 Å². The lowest BCUT2D eigenvalue weighted by molar-refractivity contribution is 0.570. The maximum absolute atomic E-state index is 12.3. The van der Waals surface area contributed by atoms with Gasteiger partial charge < -0.3 is 5.32 Å². The SMILES string of the molecule is CC(C)NS(=O)(=O)c1ccccc1NCc1cscn1. The summed E-state index contributed by atoms with van der Waals surface area (Å²) < 4.78 is 27.1. The van der Waals surface area contributed by atoms with Gasteiger partial charge in [-0.1, -0.05) is 12.1 Å². The lowest BCUT2D eigenvalue weighted by Crippen LogP contribution is -2.30. The van der Waals surface area contributed by atoms with E-state index in [-0.39, 0.29) is 10.9 Å². The van der Waals surface area contributed by atoms with Gasteiger partial charge in [-0.25, -0.2) is 18.1 Å². The van der Waals surface area contributed by atoms with Gasteiger partial charge in [-0.3, -0.25) is 0 Å². The maximum Gasteiger partial charge on any atom is 0.242 e. The van der Waals surface area contributed by atoms with E-state index >= 15 is 0 Å². The van der Waals surface area contributed by atoms with Gasteiger partial charge in [0.25, 0.3) is 0 Å². The Morgan fingerprint density at radius 2 is 2.05 bits per heavy atom. The minimum Gasteiger partial charge on any atom is -0.378 e. The molecule has 0 aliphatic rings. The summed E-state index contributed by atoms with van der Waals surface area (Å²) in [7, 11) is -3.51. The number of thiazole rings is 1. The first-order chi connectivity index (χ1) is 9.49. The van der Waals surface area contributed by atoms with Gasteiger partial charge in [0.15, 0.2) is 0 Å². The predicted octanol–water partition coefficient (Wildman–Crippen LogP) is 2.44. The fourth-order valence-corrected chi connectivity index (χ4v) is 3.72. The molecule has 2 aromatic rings. The lowest BCUT2D eigenvalue weighted by Gasteiger charge is -2.14. The Hall–Kier alpha value is -1.44. The van der Waals surface area contributed by atoms with E-state index in [1.807, 2.05) is 5.38 Å². The van der Waals surface area contributed by atoms with Crippen LogP contribution >= 0.6 is 11.3 Å². The number of hydrogen-bond acceptors (Lipinski definition) is 5. The summed E-state index contributed by atoms with van der Waals surface area (Å²) in [4.78, 5) is 4.42. The third-order valence-corrected chi connectivity index (χ3v) is 4.86. The van der Waals surface area contributed by atoms with E-state index < -0.39 is 10.0 Å². The topological polar surface area (TPSA) is 71.1 Å². The van der Waals surface area contributed by atoms with E-state index in [0.717, 1.165) is 5.69 Å². The molecule has 2 rings (SSSR count). The Bertz CT molecular complexity index is 652. The van der Waals surface area contributed by atoms with Crippen LogP contribution in [0.15, 0.2) is 40.1 Å². The fraction of sp³-hybridized carbons (Fsp3) is 0.308. The zero-order valence-corrected chi connectivity index (χ0v) is 13.0. The number of rotatable bonds is 6. The first-order valence-corrected chi connectivity index (χ1v) is 8.64. The predicted molar refractivity (Wildman–Crippen MR) is 81.3 cm³/mol. The summed E-state index contributed by atoms with van der Waals surface area (Å²) in [6.07, 6.45) is 0. The summed E-state index contributed by atoms with van der Waals surface area (Å²) in [6, 6.07) is 6.71. The summed E-state index contributed by atoms with van der Waals surface area (Å²) >= 11 is 1.51. The molecule has 0 saturated heterocycles. The van der Waals surface area contributed by atoms with Gasteiger partial charge in [-0.2, -0.15) is 0 Å². The highest BCUT2D eigenvalue weighted by Gasteiger charge is 2.18. The van der Waals surface area contributed by atoms with Crippen LogP contribution in [-0.2, 0) is 16.6 Å². The largest absolute Gasteiger partial charge is 0.378 e. The van der Waals surface area contributed by atoms with Gasteiger partial charge in [0, 0.05) is 11.4 Å². The standard InChI is InChI=1S/C13H17N3O2S2/c1-10(2)16-20(17,18)13-6-4-3-5-12(13)14-7-11-8-19-9-15-11/h3-6,8-10,14,16H,7H2,1-2H3. The molecule has 0 amide bonds. The molecule has 1 aromatic carbocycles. The Balaban J connectivity index is 2.22. The van der Waals surface area contributed by atoms with E-state index in [1.165, 1.54) is 11.3 Å². The minimum absolute atomic E-state index is 0.147. The van der Waals surface area contributed by atoms with E-state index in [9.17, 15) is 8.42 Å². The molecule has 2 N–H and O–H groups in total. The van der Waals surface area contributed by atoms with Gasteiger partial charge in [0.2, 0.25) is 10.0 Å². The smallest absolute Gasteiger partial charge is 0.242 e. The van der Waals surface area contributed by atoms with Crippen LogP contribution < -0.4 is 10.0 Å². The van der Waals surface area contributed by atoms with Gasteiger partial charge in [-0.05, 0) is 26.0 Å². The Labute approximate surface area is 123 Å². The minimum atomic E-state index is -3.51. The van der Waals surface area contributed by atoms with Crippen LogP contribution in [0.2, 0.25) is 0 Å². The first kappa shape index (κ1) is 15.0. The van der Waals surface area contributed by atoms with Gasteiger partial charge >= 0.3 is 0 Å². The molecule has 7 heteroatoms. The second-order valence-electron chi connectivity index (χ2n) is 4.61. The van der Waals surface area contributed by atoms with Crippen molar-refractivity contribution in [2.24, 2.45) is 0 Å². The van der Waals surface area contributed by atoms with Crippen molar-refractivity contribution in [1.29, 1.82) is 0 Å². The number of anilines is 1. The quantitative estimate of drug-likeness (QED) is 0.859. The molecule has 0 fully saturated rings. The molecule has 20 heavy (non-hydrogen) atoms. The molecule has 0 unspecified atom stereocenters. The molecule has 0 bridgehead atoms. The highest BCUT2D eigenvalue weighted by Crippen LogP contribution is 2.21. The van der Waals surface area contributed by atoms with Crippen LogP contribution in [-0.4, -0.2) is 19.4 Å². The molecule has 5 nitrogen and oxygen atoms in total. The van der Waals surface area contributed by atoms with Crippen LogP contribution in [0.3, 0.4) is 0 Å². The summed E-state index contributed by atoms with van der Waals surface area (Å²) in [5, 5.41) is 5.05. The molecule has 0 spiro atoms. The zero-order valence-electron chi connectivity index (χ0n) is 11.3.